The van der Waals surface area contributed by atoms with E-state index in [9.17, 15) is 4.79 Å². The van der Waals surface area contributed by atoms with Gasteiger partial charge in [0, 0.05) is 12.6 Å². The molecule has 1 rings (SSSR count). The first-order valence-corrected chi connectivity index (χ1v) is 7.62. The Balaban J connectivity index is 2.46. The molecule has 5 heteroatoms. The highest BCUT2D eigenvalue weighted by Crippen LogP contribution is 2.18. The Hall–Kier alpha value is -1.49. The van der Waals surface area contributed by atoms with Gasteiger partial charge in [0.25, 0.3) is 0 Å². The van der Waals surface area contributed by atoms with E-state index in [-0.39, 0.29) is 18.2 Å². The van der Waals surface area contributed by atoms with Crippen LogP contribution in [-0.4, -0.2) is 24.3 Å². The van der Waals surface area contributed by atoms with Crippen molar-refractivity contribution in [3.05, 3.63) is 24.2 Å². The third-order valence-electron chi connectivity index (χ3n) is 3.12. The van der Waals surface area contributed by atoms with E-state index < -0.39 is 5.60 Å². The molecule has 0 bridgehead atoms. The van der Waals surface area contributed by atoms with E-state index >= 15 is 0 Å². The Morgan fingerprint density at radius 2 is 2.05 bits per heavy atom. The van der Waals surface area contributed by atoms with Crippen LogP contribution in [0.4, 0.5) is 4.79 Å². The van der Waals surface area contributed by atoms with Crippen molar-refractivity contribution in [1.82, 2.24) is 10.6 Å². The van der Waals surface area contributed by atoms with Gasteiger partial charge in [-0.25, -0.2) is 4.79 Å². The molecular weight excluding hydrogens is 268 g/mol. The molecule has 0 saturated carbocycles. The van der Waals surface area contributed by atoms with Crippen molar-refractivity contribution in [2.45, 2.75) is 65.1 Å². The van der Waals surface area contributed by atoms with Crippen LogP contribution in [0, 0.1) is 0 Å². The molecule has 0 aromatic carbocycles. The van der Waals surface area contributed by atoms with Gasteiger partial charge < -0.3 is 19.8 Å². The van der Waals surface area contributed by atoms with Crippen LogP contribution in [0.25, 0.3) is 0 Å². The monoisotopic (exact) mass is 296 g/mol. The first-order chi connectivity index (χ1) is 9.85. The Morgan fingerprint density at radius 1 is 1.33 bits per heavy atom. The standard InChI is InChI=1S/C16H28N2O3/c1-6-12(11-17-15(19)21-16(3,4)5)18-13(7-2)14-9-8-10-20-14/h8-10,12-13,18H,6-7,11H2,1-5H3,(H,17,19). The number of rotatable bonds is 7. The third-order valence-corrected chi connectivity index (χ3v) is 3.12. The first kappa shape index (κ1) is 17.6. The fraction of sp³-hybridized carbons (Fsp3) is 0.688. The summed E-state index contributed by atoms with van der Waals surface area (Å²) in [6.45, 7) is 10.3. The van der Waals surface area contributed by atoms with Gasteiger partial charge >= 0.3 is 6.09 Å². The minimum absolute atomic E-state index is 0.158. The second-order valence-corrected chi connectivity index (χ2v) is 6.13. The highest BCUT2D eigenvalue weighted by Gasteiger charge is 2.19. The van der Waals surface area contributed by atoms with Crippen LogP contribution >= 0.6 is 0 Å². The maximum absolute atomic E-state index is 11.7. The van der Waals surface area contributed by atoms with Gasteiger partial charge in [0.05, 0.1) is 12.3 Å². The van der Waals surface area contributed by atoms with Crippen molar-refractivity contribution in [3.8, 4) is 0 Å². The number of nitrogens with one attached hydrogen (secondary N) is 2. The lowest BCUT2D eigenvalue weighted by atomic mass is 10.1. The zero-order chi connectivity index (χ0) is 15.9. The molecule has 1 aromatic heterocycles. The molecule has 0 saturated heterocycles. The summed E-state index contributed by atoms with van der Waals surface area (Å²) in [5.41, 5.74) is -0.473. The van der Waals surface area contributed by atoms with Crippen molar-refractivity contribution in [2.75, 3.05) is 6.54 Å². The second kappa shape index (κ2) is 8.08. The van der Waals surface area contributed by atoms with Gasteiger partial charge in [-0.3, -0.25) is 0 Å². The van der Waals surface area contributed by atoms with Crippen LogP contribution in [-0.2, 0) is 4.74 Å². The molecule has 1 aromatic rings. The molecule has 0 fully saturated rings. The maximum atomic E-state index is 11.7. The van der Waals surface area contributed by atoms with Gasteiger partial charge in [0.1, 0.15) is 11.4 Å². The number of amides is 1. The first-order valence-electron chi connectivity index (χ1n) is 7.62. The quantitative estimate of drug-likeness (QED) is 0.806. The van der Waals surface area contributed by atoms with Gasteiger partial charge in [-0.2, -0.15) is 0 Å². The zero-order valence-corrected chi connectivity index (χ0v) is 13.7. The highest BCUT2D eigenvalue weighted by atomic mass is 16.6. The van der Waals surface area contributed by atoms with E-state index in [4.69, 9.17) is 9.15 Å². The summed E-state index contributed by atoms with van der Waals surface area (Å²) >= 11 is 0. The smallest absolute Gasteiger partial charge is 0.407 e. The predicted molar refractivity (Wildman–Crippen MR) is 83.2 cm³/mol. The molecule has 1 heterocycles. The number of ether oxygens (including phenoxy) is 1. The molecule has 120 valence electrons. The molecule has 0 aliphatic heterocycles. The maximum Gasteiger partial charge on any atom is 0.407 e. The van der Waals surface area contributed by atoms with Crippen LogP contribution in [0.5, 0.6) is 0 Å². The second-order valence-electron chi connectivity index (χ2n) is 6.13. The molecule has 2 N–H and O–H groups in total. The molecule has 2 unspecified atom stereocenters. The number of carbonyl (C=O) groups is 1. The van der Waals surface area contributed by atoms with E-state index in [1.807, 2.05) is 32.9 Å². The Bertz CT molecular complexity index is 410. The summed E-state index contributed by atoms with van der Waals surface area (Å²) in [5.74, 6) is 0.924. The van der Waals surface area contributed by atoms with E-state index in [2.05, 4.69) is 24.5 Å². The lowest BCUT2D eigenvalue weighted by molar-refractivity contribution is 0.0521. The predicted octanol–water partition coefficient (Wildman–Crippen LogP) is 3.62. The van der Waals surface area contributed by atoms with Crippen molar-refractivity contribution in [2.24, 2.45) is 0 Å². The topological polar surface area (TPSA) is 63.5 Å². The van der Waals surface area contributed by atoms with Crippen molar-refractivity contribution < 1.29 is 13.9 Å². The van der Waals surface area contributed by atoms with Crippen LogP contribution in [0.2, 0.25) is 0 Å². The Kier molecular flexibility index (Phi) is 6.75. The van der Waals surface area contributed by atoms with E-state index in [0.29, 0.717) is 6.54 Å². The van der Waals surface area contributed by atoms with E-state index in [1.165, 1.54) is 0 Å². The third kappa shape index (κ3) is 6.67. The van der Waals surface area contributed by atoms with Gasteiger partial charge in [-0.05, 0) is 45.7 Å². The number of furan rings is 1. The fourth-order valence-corrected chi connectivity index (χ4v) is 2.02. The van der Waals surface area contributed by atoms with E-state index in [0.717, 1.165) is 18.6 Å². The molecule has 0 aliphatic carbocycles. The average Bonchev–Trinajstić information content (AvgIpc) is 2.91. The van der Waals surface area contributed by atoms with Gasteiger partial charge in [-0.1, -0.05) is 13.8 Å². The van der Waals surface area contributed by atoms with Gasteiger partial charge in [-0.15, -0.1) is 0 Å². The molecular formula is C16H28N2O3. The summed E-state index contributed by atoms with van der Waals surface area (Å²) in [7, 11) is 0. The number of carbonyl (C=O) groups excluding carboxylic acids is 1. The lowest BCUT2D eigenvalue weighted by Crippen LogP contribution is -2.43. The zero-order valence-electron chi connectivity index (χ0n) is 13.7. The van der Waals surface area contributed by atoms with Crippen molar-refractivity contribution in [1.29, 1.82) is 0 Å². The van der Waals surface area contributed by atoms with Crippen molar-refractivity contribution >= 4 is 6.09 Å². The SMILES string of the molecule is CCC(CNC(=O)OC(C)(C)C)NC(CC)c1ccco1. The molecule has 0 aliphatic rings. The molecule has 0 spiro atoms. The number of hydrogen-bond acceptors (Lipinski definition) is 4. The molecule has 1 amide bonds. The summed E-state index contributed by atoms with van der Waals surface area (Å²) in [4.78, 5) is 11.7. The molecule has 5 nitrogen and oxygen atoms in total. The van der Waals surface area contributed by atoms with Crippen LogP contribution < -0.4 is 10.6 Å². The Labute approximate surface area is 127 Å². The van der Waals surface area contributed by atoms with Crippen LogP contribution in [0.1, 0.15) is 59.3 Å². The molecule has 21 heavy (non-hydrogen) atoms. The van der Waals surface area contributed by atoms with Gasteiger partial charge in [0.2, 0.25) is 0 Å². The fourth-order valence-electron chi connectivity index (χ4n) is 2.02. The molecule has 0 radical (unpaired) electrons. The normalized spacial score (nSPS) is 14.5. The number of hydrogen-bond donors (Lipinski definition) is 2. The van der Waals surface area contributed by atoms with Crippen LogP contribution in [0.15, 0.2) is 22.8 Å². The van der Waals surface area contributed by atoms with Gasteiger partial charge in [0.15, 0.2) is 0 Å². The highest BCUT2D eigenvalue weighted by molar-refractivity contribution is 5.67. The minimum Gasteiger partial charge on any atom is -0.468 e. The summed E-state index contributed by atoms with van der Waals surface area (Å²) in [5, 5.41) is 6.32. The van der Waals surface area contributed by atoms with Crippen LogP contribution in [0.3, 0.4) is 0 Å². The lowest BCUT2D eigenvalue weighted by Gasteiger charge is -2.24. The summed E-state index contributed by atoms with van der Waals surface area (Å²) < 4.78 is 10.7. The minimum atomic E-state index is -0.473. The number of alkyl carbamates (subject to hydrolysis) is 1. The molecule has 2 atom stereocenters. The largest absolute Gasteiger partial charge is 0.468 e. The van der Waals surface area contributed by atoms with Crippen molar-refractivity contribution in [3.63, 3.8) is 0 Å². The summed E-state index contributed by atoms with van der Waals surface area (Å²) in [6.07, 6.45) is 3.14. The average molecular weight is 296 g/mol. The Morgan fingerprint density at radius 3 is 2.52 bits per heavy atom. The summed E-state index contributed by atoms with van der Waals surface area (Å²) in [6, 6.07) is 4.19. The van der Waals surface area contributed by atoms with E-state index in [1.54, 1.807) is 6.26 Å².